The Kier molecular flexibility index (Phi) is 9.25. The fraction of sp³-hybridized carbons (Fsp3) is 0.314. The van der Waals surface area contributed by atoms with Crippen LogP contribution in [0.3, 0.4) is 0 Å². The predicted molar refractivity (Wildman–Crippen MR) is 178 cm³/mol. The summed E-state index contributed by atoms with van der Waals surface area (Å²) in [5.41, 5.74) is 5.69. The maximum absolute atomic E-state index is 13.4. The number of allylic oxidation sites excluding steroid dienone is 1. The van der Waals surface area contributed by atoms with E-state index in [1.807, 2.05) is 49.4 Å². The number of Topliss-reactive ketones (excluding diaryl/α,β-unsaturated/α-hetero) is 1. The number of hydrogen-bond donors (Lipinski definition) is 2. The molecule has 0 radical (unpaired) electrons. The summed E-state index contributed by atoms with van der Waals surface area (Å²) in [7, 11) is 7.89. The van der Waals surface area contributed by atoms with Gasteiger partial charge in [-0.05, 0) is 114 Å². The van der Waals surface area contributed by atoms with Crippen molar-refractivity contribution in [2.75, 3.05) is 56.9 Å². The van der Waals surface area contributed by atoms with Crippen LogP contribution < -0.4 is 25.0 Å². The summed E-state index contributed by atoms with van der Waals surface area (Å²) in [6, 6.07) is 18.4. The van der Waals surface area contributed by atoms with Gasteiger partial charge in [0.25, 0.3) is 0 Å². The van der Waals surface area contributed by atoms with Crippen molar-refractivity contribution >= 4 is 45.9 Å². The second kappa shape index (κ2) is 13.3. The molecule has 0 spiro atoms. The average molecular weight is 596 g/mol. The van der Waals surface area contributed by atoms with Gasteiger partial charge in [-0.2, -0.15) is 0 Å². The molecule has 0 unspecified atom stereocenters. The van der Waals surface area contributed by atoms with Crippen LogP contribution in [0.15, 0.2) is 66.4 Å². The summed E-state index contributed by atoms with van der Waals surface area (Å²) in [6.07, 6.45) is 4.06. The van der Waals surface area contributed by atoms with E-state index in [4.69, 9.17) is 9.47 Å². The standard InChI is InChI=1S/C35H41N5O4/c1-7-40-23(2)28(29-21-27(43-6)15-16-31(29)40)22-33-34(41)30-20-25(12-17-32(30)44-33)37-35(42)36-24-10-13-26(14-11-24)39(5)19-9-8-18-38(3)4/h10-17,20-22H,7-9,18-19H2,1-6H3,(H2,36,37,42). The van der Waals surface area contributed by atoms with Gasteiger partial charge < -0.3 is 34.5 Å². The minimum atomic E-state index is -0.395. The molecule has 230 valence electrons. The zero-order valence-electron chi connectivity index (χ0n) is 26.4. The highest BCUT2D eigenvalue weighted by molar-refractivity contribution is 6.16. The van der Waals surface area contributed by atoms with Crippen molar-refractivity contribution in [3.05, 3.63) is 83.2 Å². The fourth-order valence-electron chi connectivity index (χ4n) is 5.60. The number of unbranched alkanes of at least 4 members (excludes halogenated alkanes) is 1. The number of amides is 2. The number of aryl methyl sites for hydroxylation is 1. The van der Waals surface area contributed by atoms with E-state index in [-0.39, 0.29) is 11.5 Å². The van der Waals surface area contributed by atoms with E-state index in [0.29, 0.717) is 22.7 Å². The number of fused-ring (bicyclic) bond motifs is 2. The number of rotatable bonds is 11. The molecule has 2 N–H and O–H groups in total. The molecule has 0 fully saturated rings. The van der Waals surface area contributed by atoms with Gasteiger partial charge in [-0.25, -0.2) is 4.79 Å². The van der Waals surface area contributed by atoms with Gasteiger partial charge in [-0.3, -0.25) is 4.79 Å². The Balaban J connectivity index is 1.24. The van der Waals surface area contributed by atoms with E-state index >= 15 is 0 Å². The predicted octanol–water partition coefficient (Wildman–Crippen LogP) is 7.02. The molecule has 9 heteroatoms. The van der Waals surface area contributed by atoms with Crippen LogP contribution in [0.25, 0.3) is 17.0 Å². The van der Waals surface area contributed by atoms with Gasteiger partial charge in [0.05, 0.1) is 12.7 Å². The Hall–Kier alpha value is -4.76. The van der Waals surface area contributed by atoms with Gasteiger partial charge in [-0.15, -0.1) is 0 Å². The monoisotopic (exact) mass is 595 g/mol. The van der Waals surface area contributed by atoms with Gasteiger partial charge in [0.2, 0.25) is 5.78 Å². The molecule has 5 rings (SSSR count). The molecule has 1 aliphatic heterocycles. The normalized spacial score (nSPS) is 13.3. The van der Waals surface area contributed by atoms with Crippen LogP contribution in [0.4, 0.5) is 21.9 Å². The van der Waals surface area contributed by atoms with Crippen LogP contribution >= 0.6 is 0 Å². The molecule has 44 heavy (non-hydrogen) atoms. The van der Waals surface area contributed by atoms with E-state index in [1.54, 1.807) is 31.4 Å². The van der Waals surface area contributed by atoms with Gasteiger partial charge in [0, 0.05) is 59.4 Å². The third kappa shape index (κ3) is 6.58. The summed E-state index contributed by atoms with van der Waals surface area (Å²) in [4.78, 5) is 30.6. The zero-order chi connectivity index (χ0) is 31.4. The van der Waals surface area contributed by atoms with Crippen LogP contribution in [0.1, 0.15) is 41.4 Å². The maximum atomic E-state index is 13.4. The van der Waals surface area contributed by atoms with Crippen LogP contribution in [-0.4, -0.2) is 62.6 Å². The van der Waals surface area contributed by atoms with E-state index in [0.717, 1.165) is 66.1 Å². The molecule has 4 aromatic rings. The smallest absolute Gasteiger partial charge is 0.323 e. The minimum absolute atomic E-state index is 0.231. The first-order valence-corrected chi connectivity index (χ1v) is 15.0. The van der Waals surface area contributed by atoms with E-state index in [2.05, 4.69) is 53.1 Å². The summed E-state index contributed by atoms with van der Waals surface area (Å²) < 4.78 is 13.6. The van der Waals surface area contributed by atoms with Crippen molar-refractivity contribution in [1.82, 2.24) is 9.47 Å². The SMILES string of the molecule is CCn1c(C)c(C=C2Oc3ccc(NC(=O)Nc4ccc(N(C)CCCCN(C)C)cc4)cc3C2=O)c2cc(OC)ccc21. The Bertz CT molecular complexity index is 1700. The molecule has 1 aromatic heterocycles. The zero-order valence-corrected chi connectivity index (χ0v) is 26.4. The average Bonchev–Trinajstić information content (AvgIpc) is 3.46. The molecular weight excluding hydrogens is 554 g/mol. The molecular formula is C35H41N5O4. The fourth-order valence-corrected chi connectivity index (χ4v) is 5.60. The first-order valence-electron chi connectivity index (χ1n) is 15.0. The molecule has 1 aliphatic rings. The number of benzene rings is 3. The molecule has 2 heterocycles. The number of nitrogens with one attached hydrogen (secondary N) is 2. The van der Waals surface area contributed by atoms with E-state index in [1.165, 1.54) is 0 Å². The van der Waals surface area contributed by atoms with Gasteiger partial charge in [-0.1, -0.05) is 0 Å². The van der Waals surface area contributed by atoms with Crippen molar-refractivity contribution in [1.29, 1.82) is 0 Å². The highest BCUT2D eigenvalue weighted by atomic mass is 16.5. The molecule has 0 aliphatic carbocycles. The number of aromatic nitrogens is 1. The van der Waals surface area contributed by atoms with Crippen molar-refractivity contribution in [3.63, 3.8) is 0 Å². The second-order valence-electron chi connectivity index (χ2n) is 11.3. The quantitative estimate of drug-likeness (QED) is 0.143. The number of methoxy groups -OCH3 is 1. The number of carbonyl (C=O) groups is 2. The highest BCUT2D eigenvalue weighted by Crippen LogP contribution is 2.37. The first kappa shape index (κ1) is 30.7. The number of ether oxygens (including phenoxy) is 2. The van der Waals surface area contributed by atoms with Crippen LogP contribution in [-0.2, 0) is 6.54 Å². The Morgan fingerprint density at radius 3 is 2.36 bits per heavy atom. The van der Waals surface area contributed by atoms with Gasteiger partial charge >= 0.3 is 6.03 Å². The van der Waals surface area contributed by atoms with Crippen LogP contribution in [0, 0.1) is 6.92 Å². The third-order valence-electron chi connectivity index (χ3n) is 8.01. The van der Waals surface area contributed by atoms with Crippen LogP contribution in [0.5, 0.6) is 11.5 Å². The van der Waals surface area contributed by atoms with Gasteiger partial charge in [0.15, 0.2) is 5.76 Å². The number of urea groups is 1. The lowest BCUT2D eigenvalue weighted by Gasteiger charge is -2.20. The van der Waals surface area contributed by atoms with Crippen molar-refractivity contribution < 1.29 is 19.1 Å². The van der Waals surface area contributed by atoms with Crippen molar-refractivity contribution in [2.45, 2.75) is 33.2 Å². The number of ketones is 1. The lowest BCUT2D eigenvalue weighted by molar-refractivity contribution is 0.101. The van der Waals surface area contributed by atoms with E-state index < -0.39 is 6.03 Å². The van der Waals surface area contributed by atoms with Gasteiger partial charge in [0.1, 0.15) is 11.5 Å². The number of nitrogens with zero attached hydrogens (tertiary/aromatic N) is 3. The molecule has 0 bridgehead atoms. The minimum Gasteiger partial charge on any atom is -0.497 e. The summed E-state index contributed by atoms with van der Waals surface area (Å²) >= 11 is 0. The highest BCUT2D eigenvalue weighted by Gasteiger charge is 2.29. The number of carbonyl (C=O) groups excluding carboxylic acids is 2. The lowest BCUT2D eigenvalue weighted by atomic mass is 10.1. The molecule has 0 saturated heterocycles. The van der Waals surface area contributed by atoms with Crippen LogP contribution in [0.2, 0.25) is 0 Å². The summed E-state index contributed by atoms with van der Waals surface area (Å²) in [6.45, 7) is 6.97. The second-order valence-corrected chi connectivity index (χ2v) is 11.3. The third-order valence-corrected chi connectivity index (χ3v) is 8.01. The first-order chi connectivity index (χ1) is 21.2. The molecule has 9 nitrogen and oxygen atoms in total. The topological polar surface area (TPSA) is 88.1 Å². The Morgan fingerprint density at radius 2 is 1.66 bits per heavy atom. The Labute approximate surface area is 259 Å². The summed E-state index contributed by atoms with van der Waals surface area (Å²) in [5.74, 6) is 1.22. The Morgan fingerprint density at radius 1 is 0.955 bits per heavy atom. The summed E-state index contributed by atoms with van der Waals surface area (Å²) in [5, 5.41) is 6.69. The molecule has 3 aromatic carbocycles. The lowest BCUT2D eigenvalue weighted by Crippen LogP contribution is -2.21. The largest absolute Gasteiger partial charge is 0.497 e. The molecule has 0 saturated carbocycles. The number of anilines is 3. The number of hydrogen-bond acceptors (Lipinski definition) is 6. The van der Waals surface area contributed by atoms with E-state index in [9.17, 15) is 9.59 Å². The van der Waals surface area contributed by atoms with Crippen molar-refractivity contribution in [2.24, 2.45) is 0 Å². The maximum Gasteiger partial charge on any atom is 0.323 e. The molecule has 2 amide bonds. The van der Waals surface area contributed by atoms with Crippen molar-refractivity contribution in [3.8, 4) is 11.5 Å². The molecule has 0 atom stereocenters.